The molecule has 0 aliphatic heterocycles. The number of hydrogen-bond acceptors (Lipinski definition) is 5. The first-order valence-corrected chi connectivity index (χ1v) is 5.45. The first-order chi connectivity index (χ1) is 8.19. The number of nitrogens with one attached hydrogen (secondary N) is 1. The number of rotatable bonds is 6. The molecule has 0 saturated carbocycles. The third-order valence-electron chi connectivity index (χ3n) is 2.40. The minimum absolute atomic E-state index is 0.314. The van der Waals surface area contributed by atoms with Gasteiger partial charge in [-0.2, -0.15) is 5.26 Å². The molecule has 0 bridgehead atoms. The number of aryl methyl sites for hydroxylation is 1. The molecule has 0 radical (unpaired) electrons. The topological polar surface area (TPSA) is 78.2 Å². The van der Waals surface area contributed by atoms with Gasteiger partial charge in [0.05, 0.1) is 18.3 Å². The van der Waals surface area contributed by atoms with E-state index in [0.717, 1.165) is 5.56 Å². The second kappa shape index (κ2) is 6.84. The number of pyridine rings is 1. The SMILES string of the molecule is COCC(O)CCNc1nccc(C)c1C#N. The summed E-state index contributed by atoms with van der Waals surface area (Å²) in [5.74, 6) is 0.567. The summed E-state index contributed by atoms with van der Waals surface area (Å²) in [5.41, 5.74) is 1.44. The van der Waals surface area contributed by atoms with Crippen molar-refractivity contribution in [2.75, 3.05) is 25.6 Å². The van der Waals surface area contributed by atoms with Gasteiger partial charge in [0.1, 0.15) is 11.9 Å². The summed E-state index contributed by atoms with van der Waals surface area (Å²) in [6.45, 7) is 2.73. The van der Waals surface area contributed by atoms with Gasteiger partial charge in [0.25, 0.3) is 0 Å². The fourth-order valence-electron chi connectivity index (χ4n) is 1.47. The van der Waals surface area contributed by atoms with Crippen LogP contribution in [-0.2, 0) is 4.74 Å². The van der Waals surface area contributed by atoms with E-state index in [1.807, 2.05) is 6.92 Å². The lowest BCUT2D eigenvalue weighted by Gasteiger charge is -2.11. The van der Waals surface area contributed by atoms with Crippen LogP contribution in [0, 0.1) is 18.3 Å². The lowest BCUT2D eigenvalue weighted by molar-refractivity contribution is 0.0615. The van der Waals surface area contributed by atoms with Gasteiger partial charge in [-0.3, -0.25) is 0 Å². The highest BCUT2D eigenvalue weighted by Crippen LogP contribution is 2.14. The van der Waals surface area contributed by atoms with Crippen LogP contribution < -0.4 is 5.32 Å². The van der Waals surface area contributed by atoms with Gasteiger partial charge < -0.3 is 15.2 Å². The zero-order chi connectivity index (χ0) is 12.7. The van der Waals surface area contributed by atoms with Gasteiger partial charge in [0, 0.05) is 19.9 Å². The van der Waals surface area contributed by atoms with Crippen molar-refractivity contribution in [1.29, 1.82) is 5.26 Å². The van der Waals surface area contributed by atoms with Gasteiger partial charge in [-0.1, -0.05) is 0 Å². The van der Waals surface area contributed by atoms with Crippen molar-refractivity contribution in [2.24, 2.45) is 0 Å². The third kappa shape index (κ3) is 4.02. The minimum Gasteiger partial charge on any atom is -0.391 e. The predicted octanol–water partition coefficient (Wildman–Crippen LogP) is 1.07. The Morgan fingerprint density at radius 2 is 2.41 bits per heavy atom. The number of aliphatic hydroxyl groups excluding tert-OH is 1. The number of aliphatic hydroxyl groups is 1. The van der Waals surface area contributed by atoms with E-state index in [9.17, 15) is 5.11 Å². The van der Waals surface area contributed by atoms with Gasteiger partial charge in [0.15, 0.2) is 0 Å². The fraction of sp³-hybridized carbons (Fsp3) is 0.500. The maximum absolute atomic E-state index is 9.46. The number of methoxy groups -OCH3 is 1. The molecule has 1 unspecified atom stereocenters. The lowest BCUT2D eigenvalue weighted by Crippen LogP contribution is -2.19. The van der Waals surface area contributed by atoms with E-state index in [4.69, 9.17) is 10.00 Å². The molecule has 0 aliphatic carbocycles. The lowest BCUT2D eigenvalue weighted by atomic mass is 10.1. The van der Waals surface area contributed by atoms with Crippen molar-refractivity contribution in [2.45, 2.75) is 19.4 Å². The molecule has 0 spiro atoms. The molecular formula is C12H17N3O2. The molecule has 5 heteroatoms. The molecular weight excluding hydrogens is 218 g/mol. The Morgan fingerprint density at radius 1 is 1.65 bits per heavy atom. The quantitative estimate of drug-likeness (QED) is 0.771. The molecule has 1 heterocycles. The molecule has 5 nitrogen and oxygen atoms in total. The Balaban J connectivity index is 2.53. The van der Waals surface area contributed by atoms with Crippen molar-refractivity contribution >= 4 is 5.82 Å². The summed E-state index contributed by atoms with van der Waals surface area (Å²) in [5, 5.41) is 21.5. The average molecular weight is 235 g/mol. The van der Waals surface area contributed by atoms with Crippen molar-refractivity contribution < 1.29 is 9.84 Å². The van der Waals surface area contributed by atoms with E-state index in [2.05, 4.69) is 16.4 Å². The number of nitrogens with zero attached hydrogens (tertiary/aromatic N) is 2. The largest absolute Gasteiger partial charge is 0.391 e. The first-order valence-electron chi connectivity index (χ1n) is 5.45. The van der Waals surface area contributed by atoms with Crippen molar-refractivity contribution in [3.05, 3.63) is 23.4 Å². The standard InChI is InChI=1S/C12H17N3O2/c1-9-3-5-14-12(11(9)7-13)15-6-4-10(16)8-17-2/h3,5,10,16H,4,6,8H2,1-2H3,(H,14,15). The maximum Gasteiger partial charge on any atom is 0.144 e. The Labute approximate surface area is 101 Å². The molecule has 0 amide bonds. The molecule has 0 aliphatic rings. The molecule has 0 fully saturated rings. The van der Waals surface area contributed by atoms with Crippen LogP contribution in [0.5, 0.6) is 0 Å². The van der Waals surface area contributed by atoms with Crippen molar-refractivity contribution in [3.63, 3.8) is 0 Å². The molecule has 17 heavy (non-hydrogen) atoms. The monoisotopic (exact) mass is 235 g/mol. The fourth-order valence-corrected chi connectivity index (χ4v) is 1.47. The number of ether oxygens (including phenoxy) is 1. The summed E-state index contributed by atoms with van der Waals surface area (Å²) in [6, 6.07) is 3.91. The molecule has 1 atom stereocenters. The molecule has 2 N–H and O–H groups in total. The highest BCUT2D eigenvalue weighted by atomic mass is 16.5. The summed E-state index contributed by atoms with van der Waals surface area (Å²) < 4.78 is 4.82. The van der Waals surface area contributed by atoms with Gasteiger partial charge in [-0.15, -0.1) is 0 Å². The van der Waals surface area contributed by atoms with E-state index in [1.54, 1.807) is 19.4 Å². The van der Waals surface area contributed by atoms with E-state index in [0.29, 0.717) is 31.0 Å². The normalized spacial score (nSPS) is 11.9. The molecule has 92 valence electrons. The minimum atomic E-state index is -0.497. The Morgan fingerprint density at radius 3 is 3.06 bits per heavy atom. The van der Waals surface area contributed by atoms with Crippen LogP contribution in [-0.4, -0.2) is 36.5 Å². The van der Waals surface area contributed by atoms with E-state index in [-0.39, 0.29) is 0 Å². The Hall–Kier alpha value is -1.64. The predicted molar refractivity (Wildman–Crippen MR) is 64.7 cm³/mol. The van der Waals surface area contributed by atoms with Crippen LogP contribution in [0.1, 0.15) is 17.5 Å². The number of anilines is 1. The number of nitriles is 1. The molecule has 1 aromatic heterocycles. The van der Waals surface area contributed by atoms with Crippen LogP contribution in [0.3, 0.4) is 0 Å². The van der Waals surface area contributed by atoms with Gasteiger partial charge >= 0.3 is 0 Å². The van der Waals surface area contributed by atoms with Crippen molar-refractivity contribution in [3.8, 4) is 6.07 Å². The number of hydrogen-bond donors (Lipinski definition) is 2. The third-order valence-corrected chi connectivity index (χ3v) is 2.40. The van der Waals surface area contributed by atoms with E-state index < -0.39 is 6.10 Å². The van der Waals surface area contributed by atoms with Gasteiger partial charge in [-0.05, 0) is 25.0 Å². The molecule has 0 saturated heterocycles. The molecule has 0 aromatic carbocycles. The molecule has 1 aromatic rings. The summed E-state index contributed by atoms with van der Waals surface area (Å²) in [4.78, 5) is 4.11. The van der Waals surface area contributed by atoms with Crippen molar-refractivity contribution in [1.82, 2.24) is 4.98 Å². The Bertz CT molecular complexity index is 401. The smallest absolute Gasteiger partial charge is 0.144 e. The second-order valence-electron chi connectivity index (χ2n) is 3.79. The summed E-state index contributed by atoms with van der Waals surface area (Å²) in [6.07, 6.45) is 1.71. The van der Waals surface area contributed by atoms with Crippen LogP contribution in [0.15, 0.2) is 12.3 Å². The summed E-state index contributed by atoms with van der Waals surface area (Å²) in [7, 11) is 1.55. The van der Waals surface area contributed by atoms with Crippen LogP contribution in [0.2, 0.25) is 0 Å². The number of aromatic nitrogens is 1. The van der Waals surface area contributed by atoms with E-state index >= 15 is 0 Å². The highest BCUT2D eigenvalue weighted by Gasteiger charge is 2.07. The zero-order valence-corrected chi connectivity index (χ0v) is 10.1. The van der Waals surface area contributed by atoms with Crippen LogP contribution in [0.25, 0.3) is 0 Å². The van der Waals surface area contributed by atoms with Gasteiger partial charge in [-0.25, -0.2) is 4.98 Å². The van der Waals surface area contributed by atoms with Crippen LogP contribution in [0.4, 0.5) is 5.82 Å². The second-order valence-corrected chi connectivity index (χ2v) is 3.79. The van der Waals surface area contributed by atoms with Crippen LogP contribution >= 0.6 is 0 Å². The van der Waals surface area contributed by atoms with Gasteiger partial charge in [0.2, 0.25) is 0 Å². The zero-order valence-electron chi connectivity index (χ0n) is 10.1. The maximum atomic E-state index is 9.46. The Kier molecular flexibility index (Phi) is 5.40. The average Bonchev–Trinajstić information content (AvgIpc) is 2.29. The first kappa shape index (κ1) is 13.4. The highest BCUT2D eigenvalue weighted by molar-refractivity contribution is 5.55. The molecule has 1 rings (SSSR count). The summed E-state index contributed by atoms with van der Waals surface area (Å²) >= 11 is 0. The van der Waals surface area contributed by atoms with E-state index in [1.165, 1.54) is 0 Å².